The second kappa shape index (κ2) is 7.07. The maximum Gasteiger partial charge on any atom is 0.105 e. The molecule has 1 unspecified atom stereocenters. The lowest BCUT2D eigenvalue weighted by Crippen LogP contribution is -2.23. The first kappa shape index (κ1) is 15.4. The Morgan fingerprint density at radius 3 is 2.67 bits per heavy atom. The van der Waals surface area contributed by atoms with E-state index in [1.54, 1.807) is 0 Å². The first-order valence-electron chi connectivity index (χ1n) is 5.90. The normalized spacial score (nSPS) is 12.5. The van der Waals surface area contributed by atoms with Crippen LogP contribution in [0.1, 0.15) is 18.9 Å². The molecule has 0 aliphatic carbocycles. The van der Waals surface area contributed by atoms with Gasteiger partial charge in [0.25, 0.3) is 0 Å². The maximum absolute atomic E-state index is 5.62. The average molecular weight is 330 g/mol. The predicted molar refractivity (Wildman–Crippen MR) is 86.3 cm³/mol. The van der Waals surface area contributed by atoms with Gasteiger partial charge in [-0.15, -0.1) is 0 Å². The highest BCUT2D eigenvalue weighted by molar-refractivity contribution is 9.10. The van der Waals surface area contributed by atoms with Crippen LogP contribution in [0, 0.1) is 0 Å². The monoisotopic (exact) mass is 329 g/mol. The summed E-state index contributed by atoms with van der Waals surface area (Å²) in [5.41, 5.74) is 7.57. The van der Waals surface area contributed by atoms with E-state index in [-0.39, 0.29) is 0 Å². The lowest BCUT2D eigenvalue weighted by atomic mass is 10.1. The van der Waals surface area contributed by atoms with Crippen LogP contribution in [0.25, 0.3) is 0 Å². The maximum atomic E-state index is 5.62. The number of rotatable bonds is 6. The Kier molecular flexibility index (Phi) is 6.05. The molecule has 0 bridgehead atoms. The van der Waals surface area contributed by atoms with Crippen LogP contribution in [0.2, 0.25) is 0 Å². The summed E-state index contributed by atoms with van der Waals surface area (Å²) in [5.74, 6) is 0. The van der Waals surface area contributed by atoms with E-state index < -0.39 is 0 Å². The van der Waals surface area contributed by atoms with Crippen molar-refractivity contribution in [1.82, 2.24) is 4.90 Å². The molecule has 100 valence electrons. The van der Waals surface area contributed by atoms with Crippen molar-refractivity contribution in [2.75, 3.05) is 26.0 Å². The lowest BCUT2D eigenvalue weighted by Gasteiger charge is -2.18. The molecular formula is C13H20BrN3S. The van der Waals surface area contributed by atoms with Crippen LogP contribution in [0.3, 0.4) is 0 Å². The van der Waals surface area contributed by atoms with E-state index >= 15 is 0 Å². The van der Waals surface area contributed by atoms with Crippen molar-refractivity contribution < 1.29 is 0 Å². The first-order chi connectivity index (χ1) is 8.40. The second-order valence-corrected chi connectivity index (χ2v) is 5.99. The zero-order valence-corrected chi connectivity index (χ0v) is 13.4. The Hall–Kier alpha value is -0.650. The number of nitrogens with zero attached hydrogens (tertiary/aromatic N) is 1. The molecule has 0 amide bonds. The Bertz CT molecular complexity index is 421. The summed E-state index contributed by atoms with van der Waals surface area (Å²) in [7, 11) is 4.17. The van der Waals surface area contributed by atoms with E-state index in [9.17, 15) is 0 Å². The van der Waals surface area contributed by atoms with Crippen molar-refractivity contribution in [3.63, 3.8) is 0 Å². The minimum atomic E-state index is 0.411. The smallest absolute Gasteiger partial charge is 0.105 e. The Morgan fingerprint density at radius 1 is 1.50 bits per heavy atom. The summed E-state index contributed by atoms with van der Waals surface area (Å²) in [6.07, 6.45) is 1.10. The van der Waals surface area contributed by atoms with Gasteiger partial charge in [0.2, 0.25) is 0 Å². The van der Waals surface area contributed by atoms with Crippen molar-refractivity contribution in [2.45, 2.75) is 19.4 Å². The largest absolute Gasteiger partial charge is 0.389 e. The number of nitrogens with one attached hydrogen (secondary N) is 1. The van der Waals surface area contributed by atoms with Crippen LogP contribution in [-0.4, -0.2) is 36.6 Å². The van der Waals surface area contributed by atoms with Crippen LogP contribution < -0.4 is 11.1 Å². The molecule has 0 saturated carbocycles. The highest BCUT2D eigenvalue weighted by Gasteiger charge is 2.06. The Morgan fingerprint density at radius 2 is 2.17 bits per heavy atom. The van der Waals surface area contributed by atoms with Crippen LogP contribution in [0.4, 0.5) is 5.69 Å². The van der Waals surface area contributed by atoms with Gasteiger partial charge in [-0.1, -0.05) is 12.2 Å². The third-order valence-electron chi connectivity index (χ3n) is 2.66. The van der Waals surface area contributed by atoms with Gasteiger partial charge >= 0.3 is 0 Å². The molecule has 18 heavy (non-hydrogen) atoms. The van der Waals surface area contributed by atoms with E-state index in [1.165, 1.54) is 0 Å². The van der Waals surface area contributed by atoms with Gasteiger partial charge in [-0.2, -0.15) is 0 Å². The van der Waals surface area contributed by atoms with Crippen LogP contribution >= 0.6 is 28.1 Å². The molecular weight excluding hydrogens is 310 g/mol. The topological polar surface area (TPSA) is 41.3 Å². The van der Waals surface area contributed by atoms with Gasteiger partial charge in [-0.3, -0.25) is 0 Å². The van der Waals surface area contributed by atoms with E-state index in [1.807, 2.05) is 18.2 Å². The van der Waals surface area contributed by atoms with E-state index in [0.29, 0.717) is 11.0 Å². The van der Waals surface area contributed by atoms with Crippen LogP contribution in [0.5, 0.6) is 0 Å². The molecule has 5 heteroatoms. The molecule has 1 rings (SSSR count). The summed E-state index contributed by atoms with van der Waals surface area (Å²) < 4.78 is 0.930. The quantitative estimate of drug-likeness (QED) is 0.787. The zero-order valence-electron chi connectivity index (χ0n) is 11.0. The molecule has 0 radical (unpaired) electrons. The van der Waals surface area contributed by atoms with Gasteiger partial charge in [-0.05, 0) is 68.1 Å². The van der Waals surface area contributed by atoms with Crippen molar-refractivity contribution in [1.29, 1.82) is 0 Å². The molecule has 0 heterocycles. The van der Waals surface area contributed by atoms with Gasteiger partial charge in [-0.25, -0.2) is 0 Å². The number of anilines is 1. The fourth-order valence-corrected chi connectivity index (χ4v) is 2.51. The van der Waals surface area contributed by atoms with Gasteiger partial charge < -0.3 is 16.0 Å². The minimum absolute atomic E-state index is 0.411. The SMILES string of the molecule is CC(CCN(C)C)Nc1ccc(C(N)=S)c(Br)c1. The number of thiocarbonyl (C=S) groups is 1. The number of hydrogen-bond acceptors (Lipinski definition) is 3. The Balaban J connectivity index is 2.63. The molecule has 0 spiro atoms. The van der Waals surface area contributed by atoms with Gasteiger partial charge in [0, 0.05) is 21.8 Å². The highest BCUT2D eigenvalue weighted by atomic mass is 79.9. The fourth-order valence-electron chi connectivity index (χ4n) is 1.61. The Labute approximate surface area is 123 Å². The molecule has 3 N–H and O–H groups in total. The number of benzene rings is 1. The summed E-state index contributed by atoms with van der Waals surface area (Å²) in [6.45, 7) is 3.25. The summed E-state index contributed by atoms with van der Waals surface area (Å²) in [6, 6.07) is 6.38. The summed E-state index contributed by atoms with van der Waals surface area (Å²) >= 11 is 8.46. The lowest BCUT2D eigenvalue weighted by molar-refractivity contribution is 0.390. The van der Waals surface area contributed by atoms with Crippen molar-refractivity contribution >= 4 is 38.8 Å². The third kappa shape index (κ3) is 4.92. The molecule has 1 aromatic rings. The molecule has 0 saturated heterocycles. The molecule has 1 aromatic carbocycles. The standard InChI is InChI=1S/C13H20BrN3S/c1-9(6-7-17(2)3)16-10-4-5-11(13(15)18)12(14)8-10/h4-5,8-9,16H,6-7H2,1-3H3,(H2,15,18). The van der Waals surface area contributed by atoms with Crippen LogP contribution in [-0.2, 0) is 0 Å². The zero-order chi connectivity index (χ0) is 13.7. The molecule has 0 aromatic heterocycles. The van der Waals surface area contributed by atoms with E-state index in [4.69, 9.17) is 18.0 Å². The van der Waals surface area contributed by atoms with Gasteiger partial charge in [0.1, 0.15) is 4.99 Å². The second-order valence-electron chi connectivity index (χ2n) is 4.70. The van der Waals surface area contributed by atoms with E-state index in [0.717, 1.165) is 28.7 Å². The summed E-state index contributed by atoms with van der Waals surface area (Å²) in [5, 5.41) is 3.46. The number of hydrogen-bond donors (Lipinski definition) is 2. The fraction of sp³-hybridized carbons (Fsp3) is 0.462. The highest BCUT2D eigenvalue weighted by Crippen LogP contribution is 2.22. The van der Waals surface area contributed by atoms with Crippen LogP contribution in [0.15, 0.2) is 22.7 Å². The number of nitrogens with two attached hydrogens (primary N) is 1. The van der Waals surface area contributed by atoms with Crippen molar-refractivity contribution in [3.8, 4) is 0 Å². The van der Waals surface area contributed by atoms with Crippen molar-refractivity contribution in [2.24, 2.45) is 5.73 Å². The summed E-state index contributed by atoms with van der Waals surface area (Å²) in [4.78, 5) is 2.60. The first-order valence-corrected chi connectivity index (χ1v) is 7.11. The van der Waals surface area contributed by atoms with Crippen molar-refractivity contribution in [3.05, 3.63) is 28.2 Å². The van der Waals surface area contributed by atoms with E-state index in [2.05, 4.69) is 47.2 Å². The average Bonchev–Trinajstić information content (AvgIpc) is 2.26. The predicted octanol–water partition coefficient (Wildman–Crippen LogP) is 2.84. The third-order valence-corrected chi connectivity index (χ3v) is 3.53. The van der Waals surface area contributed by atoms with Gasteiger partial charge in [0.15, 0.2) is 0 Å². The number of halogens is 1. The van der Waals surface area contributed by atoms with Gasteiger partial charge in [0.05, 0.1) is 0 Å². The molecule has 3 nitrogen and oxygen atoms in total. The minimum Gasteiger partial charge on any atom is -0.389 e. The molecule has 0 fully saturated rings. The molecule has 1 atom stereocenters. The molecule has 0 aliphatic heterocycles. The molecule has 0 aliphatic rings.